The van der Waals surface area contributed by atoms with E-state index in [1.807, 2.05) is 41.3 Å². The number of para-hydroxylation sites is 2. The summed E-state index contributed by atoms with van der Waals surface area (Å²) in [5.41, 5.74) is 3.65. The molecule has 3 aromatic rings. The van der Waals surface area contributed by atoms with E-state index < -0.39 is 0 Å². The molecule has 3 rings (SSSR count). The molecule has 0 atom stereocenters. The normalized spacial score (nSPS) is 11.1. The molecule has 0 bridgehead atoms. The number of hydrogen-bond acceptors (Lipinski definition) is 4. The van der Waals surface area contributed by atoms with Crippen molar-refractivity contribution in [1.29, 1.82) is 0 Å². The monoisotopic (exact) mass is 296 g/mol. The van der Waals surface area contributed by atoms with E-state index in [1.54, 1.807) is 6.20 Å². The van der Waals surface area contributed by atoms with E-state index >= 15 is 0 Å². The van der Waals surface area contributed by atoms with Gasteiger partial charge in [0.1, 0.15) is 0 Å². The van der Waals surface area contributed by atoms with Gasteiger partial charge in [-0.2, -0.15) is 5.10 Å². The molecular formula is C17H20N4O. The smallest absolute Gasteiger partial charge is 0.0924 e. The second-order valence-corrected chi connectivity index (χ2v) is 5.37. The van der Waals surface area contributed by atoms with Crippen molar-refractivity contribution in [2.75, 3.05) is 6.61 Å². The molecule has 22 heavy (non-hydrogen) atoms. The molecule has 2 aromatic heterocycles. The highest BCUT2D eigenvalue weighted by molar-refractivity contribution is 5.76. The largest absolute Gasteiger partial charge is 0.396 e. The standard InChI is InChI=1S/C17H20N4O/c22-10-6-2-1-5-9-21-13-14(11-19-21)17-12-18-15-7-3-4-8-16(15)20-17/h3-4,7-8,11-13,22H,1-2,5-6,9-10H2. The van der Waals surface area contributed by atoms with Crippen molar-refractivity contribution in [2.24, 2.45) is 0 Å². The lowest BCUT2D eigenvalue weighted by Crippen LogP contribution is -1.98. The Morgan fingerprint density at radius 2 is 1.77 bits per heavy atom. The van der Waals surface area contributed by atoms with Crippen LogP contribution < -0.4 is 0 Å². The molecule has 5 heteroatoms. The number of aliphatic hydroxyl groups is 1. The Kier molecular flexibility index (Phi) is 4.75. The fraction of sp³-hybridized carbons (Fsp3) is 0.353. The average molecular weight is 296 g/mol. The molecule has 1 N–H and O–H groups in total. The fourth-order valence-electron chi connectivity index (χ4n) is 2.45. The first kappa shape index (κ1) is 14.7. The molecule has 0 aliphatic heterocycles. The van der Waals surface area contributed by atoms with Gasteiger partial charge in [-0.25, -0.2) is 4.98 Å². The number of unbranched alkanes of at least 4 members (excludes halogenated alkanes) is 3. The quantitative estimate of drug-likeness (QED) is 0.681. The molecule has 0 spiro atoms. The summed E-state index contributed by atoms with van der Waals surface area (Å²) in [7, 11) is 0. The Balaban J connectivity index is 1.66. The maximum atomic E-state index is 8.76. The van der Waals surface area contributed by atoms with Crippen LogP contribution in [0.4, 0.5) is 0 Å². The van der Waals surface area contributed by atoms with Crippen molar-refractivity contribution in [3.63, 3.8) is 0 Å². The zero-order valence-electron chi connectivity index (χ0n) is 12.5. The van der Waals surface area contributed by atoms with E-state index in [0.717, 1.165) is 54.5 Å². The average Bonchev–Trinajstić information content (AvgIpc) is 3.03. The predicted octanol–water partition coefficient (Wildman–Crippen LogP) is 3.05. The van der Waals surface area contributed by atoms with Gasteiger partial charge in [-0.15, -0.1) is 0 Å². The summed E-state index contributed by atoms with van der Waals surface area (Å²) < 4.78 is 1.95. The maximum absolute atomic E-state index is 8.76. The topological polar surface area (TPSA) is 63.8 Å². The lowest BCUT2D eigenvalue weighted by Gasteiger charge is -2.01. The van der Waals surface area contributed by atoms with Crippen LogP contribution >= 0.6 is 0 Å². The number of benzene rings is 1. The second-order valence-electron chi connectivity index (χ2n) is 5.37. The van der Waals surface area contributed by atoms with E-state index in [2.05, 4.69) is 15.1 Å². The Bertz CT molecular complexity index is 738. The van der Waals surface area contributed by atoms with Crippen LogP contribution in [0.2, 0.25) is 0 Å². The van der Waals surface area contributed by atoms with Crippen molar-refractivity contribution in [1.82, 2.24) is 19.7 Å². The number of aryl methyl sites for hydroxylation is 1. The van der Waals surface area contributed by atoms with E-state index in [9.17, 15) is 0 Å². The van der Waals surface area contributed by atoms with Crippen LogP contribution in [0.5, 0.6) is 0 Å². The number of aromatic nitrogens is 4. The van der Waals surface area contributed by atoms with E-state index in [4.69, 9.17) is 5.11 Å². The van der Waals surface area contributed by atoms with Crippen molar-refractivity contribution in [2.45, 2.75) is 32.2 Å². The molecule has 1 aromatic carbocycles. The van der Waals surface area contributed by atoms with Crippen LogP contribution in [-0.2, 0) is 6.54 Å². The lowest BCUT2D eigenvalue weighted by atomic mass is 10.2. The van der Waals surface area contributed by atoms with Crippen molar-refractivity contribution < 1.29 is 5.11 Å². The minimum atomic E-state index is 0.284. The van der Waals surface area contributed by atoms with Crippen LogP contribution in [0.1, 0.15) is 25.7 Å². The number of rotatable bonds is 7. The second kappa shape index (κ2) is 7.13. The molecule has 0 radical (unpaired) electrons. The van der Waals surface area contributed by atoms with Gasteiger partial charge < -0.3 is 5.11 Å². The molecule has 5 nitrogen and oxygen atoms in total. The van der Waals surface area contributed by atoms with Crippen LogP contribution in [0, 0.1) is 0 Å². The van der Waals surface area contributed by atoms with Gasteiger partial charge in [-0.05, 0) is 25.0 Å². The summed E-state index contributed by atoms with van der Waals surface area (Å²) in [5.74, 6) is 0. The molecule has 0 aliphatic rings. The number of hydrogen-bond donors (Lipinski definition) is 1. The molecule has 0 saturated carbocycles. The third-order valence-corrected chi connectivity index (χ3v) is 3.67. The van der Waals surface area contributed by atoms with Crippen LogP contribution in [0.15, 0.2) is 42.9 Å². The number of nitrogens with zero attached hydrogens (tertiary/aromatic N) is 4. The van der Waals surface area contributed by atoms with Crippen molar-refractivity contribution in [3.05, 3.63) is 42.9 Å². The summed E-state index contributed by atoms with van der Waals surface area (Å²) >= 11 is 0. The molecule has 0 saturated heterocycles. The van der Waals surface area contributed by atoms with E-state index in [0.29, 0.717) is 0 Å². The van der Waals surface area contributed by atoms with Gasteiger partial charge in [0.2, 0.25) is 0 Å². The minimum absolute atomic E-state index is 0.284. The highest BCUT2D eigenvalue weighted by Gasteiger charge is 2.05. The first-order valence-electron chi connectivity index (χ1n) is 7.72. The van der Waals surface area contributed by atoms with Gasteiger partial charge in [0.05, 0.1) is 29.1 Å². The van der Waals surface area contributed by atoms with E-state index in [-0.39, 0.29) is 6.61 Å². The van der Waals surface area contributed by atoms with Crippen molar-refractivity contribution >= 4 is 11.0 Å². The summed E-state index contributed by atoms with van der Waals surface area (Å²) in [6.45, 7) is 1.18. The zero-order chi connectivity index (χ0) is 15.2. The molecule has 0 unspecified atom stereocenters. The summed E-state index contributed by atoms with van der Waals surface area (Å²) in [6, 6.07) is 7.86. The third kappa shape index (κ3) is 3.49. The van der Waals surface area contributed by atoms with Crippen molar-refractivity contribution in [3.8, 4) is 11.3 Å². The predicted molar refractivity (Wildman–Crippen MR) is 86.3 cm³/mol. The molecule has 2 heterocycles. The third-order valence-electron chi connectivity index (χ3n) is 3.67. The Labute approximate surface area is 129 Å². The molecular weight excluding hydrogens is 276 g/mol. The van der Waals surface area contributed by atoms with Gasteiger partial charge in [0, 0.05) is 24.9 Å². The Morgan fingerprint density at radius 3 is 2.64 bits per heavy atom. The molecule has 0 amide bonds. The highest BCUT2D eigenvalue weighted by atomic mass is 16.2. The molecule has 0 fully saturated rings. The first-order valence-corrected chi connectivity index (χ1v) is 7.72. The van der Waals surface area contributed by atoms with Gasteiger partial charge in [-0.3, -0.25) is 9.67 Å². The summed E-state index contributed by atoms with van der Waals surface area (Å²) in [5, 5.41) is 13.1. The van der Waals surface area contributed by atoms with Crippen LogP contribution in [0.25, 0.3) is 22.3 Å². The molecule has 114 valence electrons. The Hall–Kier alpha value is -2.27. The SMILES string of the molecule is OCCCCCCn1cc(-c2cnc3ccccc3n2)cn1. The number of aliphatic hydroxyl groups excluding tert-OH is 1. The summed E-state index contributed by atoms with van der Waals surface area (Å²) in [4.78, 5) is 9.08. The highest BCUT2D eigenvalue weighted by Crippen LogP contribution is 2.18. The number of fused-ring (bicyclic) bond motifs is 1. The van der Waals surface area contributed by atoms with Gasteiger partial charge in [0.25, 0.3) is 0 Å². The maximum Gasteiger partial charge on any atom is 0.0924 e. The van der Waals surface area contributed by atoms with Gasteiger partial charge >= 0.3 is 0 Å². The van der Waals surface area contributed by atoms with Gasteiger partial charge in [-0.1, -0.05) is 25.0 Å². The Morgan fingerprint density at radius 1 is 0.955 bits per heavy atom. The minimum Gasteiger partial charge on any atom is -0.396 e. The fourth-order valence-corrected chi connectivity index (χ4v) is 2.45. The zero-order valence-corrected chi connectivity index (χ0v) is 12.5. The van der Waals surface area contributed by atoms with Crippen LogP contribution in [0.3, 0.4) is 0 Å². The van der Waals surface area contributed by atoms with Gasteiger partial charge in [0.15, 0.2) is 0 Å². The van der Waals surface area contributed by atoms with Crippen LogP contribution in [-0.4, -0.2) is 31.5 Å². The first-order chi connectivity index (χ1) is 10.9. The lowest BCUT2D eigenvalue weighted by molar-refractivity contribution is 0.282. The summed E-state index contributed by atoms with van der Waals surface area (Å²) in [6.07, 6.45) is 9.80. The van der Waals surface area contributed by atoms with E-state index in [1.165, 1.54) is 0 Å². The molecule has 0 aliphatic carbocycles.